The molecule has 2 N–H and O–H groups in total. The van der Waals surface area contributed by atoms with E-state index in [0.29, 0.717) is 5.82 Å². The van der Waals surface area contributed by atoms with Gasteiger partial charge in [-0.3, -0.25) is 4.79 Å². The lowest BCUT2D eigenvalue weighted by Crippen LogP contribution is -2.46. The third-order valence-corrected chi connectivity index (χ3v) is 4.53. The number of nitrogens with one attached hydrogen (secondary N) is 1. The molecule has 0 saturated heterocycles. The molecule has 0 saturated carbocycles. The summed E-state index contributed by atoms with van der Waals surface area (Å²) in [6.45, 7) is 5.10. The number of amides is 1. The van der Waals surface area contributed by atoms with Crippen molar-refractivity contribution in [2.24, 2.45) is 7.05 Å². The SMILES string of the molecule is CCN(CC)c1ccc(C(=O)NCCC(O)(c2nccn2C)C(F)(F)F)cn1. The highest BCUT2D eigenvalue weighted by molar-refractivity contribution is 5.94. The maximum Gasteiger partial charge on any atom is 0.424 e. The van der Waals surface area contributed by atoms with Crippen LogP contribution in [0.5, 0.6) is 0 Å². The van der Waals surface area contributed by atoms with Crippen LogP contribution in [0.2, 0.25) is 0 Å². The molecule has 0 spiro atoms. The van der Waals surface area contributed by atoms with Crippen molar-refractivity contribution in [3.63, 3.8) is 0 Å². The average Bonchev–Trinajstić information content (AvgIpc) is 3.08. The molecule has 0 aliphatic carbocycles. The Labute approximate surface area is 161 Å². The Kier molecular flexibility index (Phi) is 6.65. The Morgan fingerprint density at radius 3 is 2.39 bits per heavy atom. The van der Waals surface area contributed by atoms with E-state index in [9.17, 15) is 23.1 Å². The smallest absolute Gasteiger partial charge is 0.374 e. The minimum absolute atomic E-state index is 0.225. The second kappa shape index (κ2) is 8.59. The largest absolute Gasteiger partial charge is 0.424 e. The van der Waals surface area contributed by atoms with Crippen LogP contribution in [0.1, 0.15) is 36.5 Å². The van der Waals surface area contributed by atoms with E-state index in [2.05, 4.69) is 15.3 Å². The molecule has 1 amide bonds. The first-order valence-electron chi connectivity index (χ1n) is 8.90. The molecule has 7 nitrogen and oxygen atoms in total. The average molecular weight is 399 g/mol. The number of anilines is 1. The predicted octanol–water partition coefficient (Wildman–Crippen LogP) is 2.23. The van der Waals surface area contributed by atoms with Gasteiger partial charge in [-0.1, -0.05) is 0 Å². The van der Waals surface area contributed by atoms with Gasteiger partial charge in [-0.2, -0.15) is 13.2 Å². The van der Waals surface area contributed by atoms with Crippen molar-refractivity contribution in [1.29, 1.82) is 0 Å². The topological polar surface area (TPSA) is 83.3 Å². The van der Waals surface area contributed by atoms with Crippen molar-refractivity contribution in [1.82, 2.24) is 19.9 Å². The lowest BCUT2D eigenvalue weighted by molar-refractivity contribution is -0.272. The molecule has 1 atom stereocenters. The molecule has 1 unspecified atom stereocenters. The molecule has 2 aromatic rings. The van der Waals surface area contributed by atoms with Crippen LogP contribution >= 0.6 is 0 Å². The highest BCUT2D eigenvalue weighted by atomic mass is 19.4. The van der Waals surface area contributed by atoms with Crippen LogP contribution in [-0.4, -0.2) is 51.4 Å². The van der Waals surface area contributed by atoms with Crippen LogP contribution in [0.25, 0.3) is 0 Å². The van der Waals surface area contributed by atoms with Gasteiger partial charge in [0.1, 0.15) is 11.6 Å². The minimum Gasteiger partial charge on any atom is -0.374 e. The number of carbonyl (C=O) groups is 1. The Balaban J connectivity index is 2.04. The first-order chi connectivity index (χ1) is 13.1. The summed E-state index contributed by atoms with van der Waals surface area (Å²) in [4.78, 5) is 22.0. The van der Waals surface area contributed by atoms with Gasteiger partial charge in [-0.25, -0.2) is 9.97 Å². The van der Waals surface area contributed by atoms with Crippen LogP contribution in [0, 0.1) is 0 Å². The van der Waals surface area contributed by atoms with Gasteiger partial charge in [0, 0.05) is 51.7 Å². The second-order valence-corrected chi connectivity index (χ2v) is 6.30. The van der Waals surface area contributed by atoms with Crippen LogP contribution in [0.3, 0.4) is 0 Å². The van der Waals surface area contributed by atoms with E-state index in [1.54, 1.807) is 12.1 Å². The molecular weight excluding hydrogens is 375 g/mol. The highest BCUT2D eigenvalue weighted by Gasteiger charge is 2.57. The maximum absolute atomic E-state index is 13.5. The standard InChI is InChI=1S/C18H24F3N5O2/c1-4-26(5-2)14-7-6-13(12-24-14)15(27)22-9-8-17(28,18(19,20)21)16-23-10-11-25(16)3/h6-7,10-12,28H,4-5,8-9H2,1-3H3,(H,22,27). The summed E-state index contributed by atoms with van der Waals surface area (Å²) >= 11 is 0. The third kappa shape index (κ3) is 4.44. The van der Waals surface area contributed by atoms with E-state index in [-0.39, 0.29) is 12.1 Å². The fraction of sp³-hybridized carbons (Fsp3) is 0.500. The summed E-state index contributed by atoms with van der Waals surface area (Å²) in [6, 6.07) is 3.24. The van der Waals surface area contributed by atoms with E-state index in [1.165, 1.54) is 25.6 Å². The van der Waals surface area contributed by atoms with Gasteiger partial charge in [0.25, 0.3) is 5.91 Å². The summed E-state index contributed by atoms with van der Waals surface area (Å²) in [5.74, 6) is -0.384. The first-order valence-corrected chi connectivity index (χ1v) is 8.90. The number of rotatable bonds is 8. The molecule has 28 heavy (non-hydrogen) atoms. The van der Waals surface area contributed by atoms with Crippen LogP contribution < -0.4 is 10.2 Å². The highest BCUT2D eigenvalue weighted by Crippen LogP contribution is 2.40. The second-order valence-electron chi connectivity index (χ2n) is 6.30. The van der Waals surface area contributed by atoms with Crippen LogP contribution in [0.4, 0.5) is 19.0 Å². The van der Waals surface area contributed by atoms with Crippen molar-refractivity contribution < 1.29 is 23.1 Å². The van der Waals surface area contributed by atoms with Gasteiger partial charge in [0.15, 0.2) is 0 Å². The number of hydrogen-bond donors (Lipinski definition) is 2. The van der Waals surface area contributed by atoms with Gasteiger partial charge < -0.3 is 19.9 Å². The number of nitrogens with zero attached hydrogens (tertiary/aromatic N) is 4. The molecule has 10 heteroatoms. The zero-order chi connectivity index (χ0) is 20.9. The summed E-state index contributed by atoms with van der Waals surface area (Å²) in [5.41, 5.74) is -2.94. The van der Waals surface area contributed by atoms with Gasteiger partial charge in [0.2, 0.25) is 5.60 Å². The first kappa shape index (κ1) is 21.7. The van der Waals surface area contributed by atoms with Crippen molar-refractivity contribution in [3.8, 4) is 0 Å². The van der Waals surface area contributed by atoms with Crippen molar-refractivity contribution >= 4 is 11.7 Å². The number of pyridine rings is 1. The zero-order valence-electron chi connectivity index (χ0n) is 16.0. The molecule has 0 aliphatic heterocycles. The van der Waals surface area contributed by atoms with Gasteiger partial charge in [0.05, 0.1) is 5.56 Å². The van der Waals surface area contributed by atoms with Crippen molar-refractivity contribution in [2.45, 2.75) is 32.0 Å². The number of imidazole rings is 1. The molecule has 2 rings (SSSR count). The molecule has 2 heterocycles. The van der Waals surface area contributed by atoms with E-state index in [1.807, 2.05) is 18.7 Å². The maximum atomic E-state index is 13.5. The lowest BCUT2D eigenvalue weighted by Gasteiger charge is -2.30. The summed E-state index contributed by atoms with van der Waals surface area (Å²) in [5, 5.41) is 12.6. The normalized spacial score (nSPS) is 13.8. The van der Waals surface area contributed by atoms with E-state index >= 15 is 0 Å². The Hall–Kier alpha value is -2.62. The molecule has 0 radical (unpaired) electrons. The van der Waals surface area contributed by atoms with E-state index in [0.717, 1.165) is 17.7 Å². The van der Waals surface area contributed by atoms with Crippen LogP contribution in [0.15, 0.2) is 30.7 Å². The number of aromatic nitrogens is 3. The quantitative estimate of drug-likeness (QED) is 0.711. The van der Waals surface area contributed by atoms with E-state index < -0.39 is 29.9 Å². The summed E-state index contributed by atoms with van der Waals surface area (Å²) in [6.07, 6.45) is -1.85. The fourth-order valence-electron chi connectivity index (χ4n) is 2.86. The summed E-state index contributed by atoms with van der Waals surface area (Å²) in [7, 11) is 1.36. The Morgan fingerprint density at radius 2 is 1.93 bits per heavy atom. The molecule has 0 fully saturated rings. The number of alkyl halides is 3. The van der Waals surface area contributed by atoms with E-state index in [4.69, 9.17) is 0 Å². The number of halogens is 3. The molecule has 0 aromatic carbocycles. The van der Waals surface area contributed by atoms with Crippen LogP contribution in [-0.2, 0) is 12.6 Å². The van der Waals surface area contributed by atoms with Crippen molar-refractivity contribution in [3.05, 3.63) is 42.1 Å². The zero-order valence-corrected chi connectivity index (χ0v) is 16.0. The molecular formula is C18H24F3N5O2. The predicted molar refractivity (Wildman–Crippen MR) is 97.9 cm³/mol. The third-order valence-electron chi connectivity index (χ3n) is 4.53. The summed E-state index contributed by atoms with van der Waals surface area (Å²) < 4.78 is 41.5. The number of carbonyl (C=O) groups excluding carboxylic acids is 1. The van der Waals surface area contributed by atoms with Gasteiger partial charge in [-0.05, 0) is 26.0 Å². The lowest BCUT2D eigenvalue weighted by atomic mass is 9.97. The number of aryl methyl sites for hydroxylation is 1. The number of hydrogen-bond acceptors (Lipinski definition) is 5. The molecule has 0 aliphatic rings. The minimum atomic E-state index is -4.94. The molecule has 154 valence electrons. The molecule has 2 aromatic heterocycles. The fourth-order valence-corrected chi connectivity index (χ4v) is 2.86. The Morgan fingerprint density at radius 1 is 1.25 bits per heavy atom. The molecule has 0 bridgehead atoms. The van der Waals surface area contributed by atoms with Crippen molar-refractivity contribution in [2.75, 3.05) is 24.5 Å². The number of aliphatic hydroxyl groups is 1. The van der Waals surface area contributed by atoms with Gasteiger partial charge >= 0.3 is 6.18 Å². The monoisotopic (exact) mass is 399 g/mol. The Bertz CT molecular complexity index is 787. The van der Waals surface area contributed by atoms with Gasteiger partial charge in [-0.15, -0.1) is 0 Å².